The van der Waals surface area contributed by atoms with Crippen LogP contribution in [0.15, 0.2) is 29.2 Å². The molecule has 0 fully saturated rings. The largest absolute Gasteiger partial charge is 0.494 e. The van der Waals surface area contributed by atoms with E-state index in [1.54, 1.807) is 29.2 Å². The van der Waals surface area contributed by atoms with Gasteiger partial charge in [-0.25, -0.2) is 13.2 Å². The van der Waals surface area contributed by atoms with E-state index in [1.165, 1.54) is 0 Å². The molecule has 0 saturated carbocycles. The van der Waals surface area contributed by atoms with Crippen LogP contribution in [0.5, 0.6) is 5.75 Å². The Bertz CT molecular complexity index is 686. The third kappa shape index (κ3) is 7.67. The van der Waals surface area contributed by atoms with Gasteiger partial charge in [0.15, 0.2) is 9.84 Å². The van der Waals surface area contributed by atoms with E-state index in [0.717, 1.165) is 19.6 Å². The van der Waals surface area contributed by atoms with Gasteiger partial charge in [0.05, 0.1) is 17.3 Å². The second-order valence-corrected chi connectivity index (χ2v) is 8.88. The van der Waals surface area contributed by atoms with Gasteiger partial charge in [0, 0.05) is 25.7 Å². The SMILES string of the molecule is CCOc1ccc(S(=O)(=O)CCN(C(=O)NCCN(CC)CC)C(C)C)cc1. The number of nitrogens with one attached hydrogen (secondary N) is 1. The maximum absolute atomic E-state index is 12.6. The van der Waals surface area contributed by atoms with Crippen LogP contribution in [-0.2, 0) is 9.84 Å². The molecular formula is C20H35N3O4S. The van der Waals surface area contributed by atoms with Gasteiger partial charge in [0.1, 0.15) is 5.75 Å². The second-order valence-electron chi connectivity index (χ2n) is 6.77. The summed E-state index contributed by atoms with van der Waals surface area (Å²) in [5, 5.41) is 2.89. The quantitative estimate of drug-likeness (QED) is 0.570. The summed E-state index contributed by atoms with van der Waals surface area (Å²) >= 11 is 0. The molecule has 1 rings (SSSR count). The number of benzene rings is 1. The number of amides is 2. The standard InChI is InChI=1S/C20H35N3O4S/c1-6-22(7-2)14-13-21-20(24)23(17(4)5)15-16-28(25,26)19-11-9-18(10-12-19)27-8-3/h9-12,17H,6-8,13-16H2,1-5H3,(H,21,24). The number of hydrogen-bond donors (Lipinski definition) is 1. The summed E-state index contributed by atoms with van der Waals surface area (Å²) in [6.45, 7) is 13.6. The molecule has 0 aliphatic rings. The third-order valence-electron chi connectivity index (χ3n) is 4.58. The van der Waals surface area contributed by atoms with Crippen LogP contribution in [0.1, 0.15) is 34.6 Å². The van der Waals surface area contributed by atoms with Crippen LogP contribution in [0.2, 0.25) is 0 Å². The lowest BCUT2D eigenvalue weighted by Crippen LogP contribution is -2.47. The molecule has 2 amide bonds. The van der Waals surface area contributed by atoms with Crippen LogP contribution in [0.3, 0.4) is 0 Å². The van der Waals surface area contributed by atoms with Crippen molar-refractivity contribution in [3.63, 3.8) is 0 Å². The first-order valence-electron chi connectivity index (χ1n) is 9.97. The molecule has 0 atom stereocenters. The van der Waals surface area contributed by atoms with E-state index < -0.39 is 9.84 Å². The number of urea groups is 1. The monoisotopic (exact) mass is 413 g/mol. The first kappa shape index (κ1) is 24.2. The van der Waals surface area contributed by atoms with Crippen LogP contribution >= 0.6 is 0 Å². The van der Waals surface area contributed by atoms with E-state index in [9.17, 15) is 13.2 Å². The van der Waals surface area contributed by atoms with Gasteiger partial charge < -0.3 is 19.9 Å². The maximum Gasteiger partial charge on any atom is 0.317 e. The highest BCUT2D eigenvalue weighted by Gasteiger charge is 2.21. The topological polar surface area (TPSA) is 79.0 Å². The summed E-state index contributed by atoms with van der Waals surface area (Å²) in [6.07, 6.45) is 0. The van der Waals surface area contributed by atoms with Gasteiger partial charge in [0.2, 0.25) is 0 Å². The second kappa shape index (κ2) is 11.9. The molecule has 0 radical (unpaired) electrons. The van der Waals surface area contributed by atoms with Crippen molar-refractivity contribution in [2.75, 3.05) is 45.1 Å². The van der Waals surface area contributed by atoms with E-state index in [0.29, 0.717) is 18.9 Å². The first-order chi connectivity index (χ1) is 13.2. The number of ether oxygens (including phenoxy) is 1. The zero-order valence-electron chi connectivity index (χ0n) is 17.8. The fourth-order valence-electron chi connectivity index (χ4n) is 2.80. The van der Waals surface area contributed by atoms with Crippen molar-refractivity contribution in [2.24, 2.45) is 0 Å². The lowest BCUT2D eigenvalue weighted by Gasteiger charge is -2.27. The average molecular weight is 414 g/mol. The van der Waals surface area contributed by atoms with Gasteiger partial charge in [-0.15, -0.1) is 0 Å². The predicted octanol–water partition coefficient (Wildman–Crippen LogP) is 2.62. The van der Waals surface area contributed by atoms with Crippen molar-refractivity contribution >= 4 is 15.9 Å². The van der Waals surface area contributed by atoms with Crippen molar-refractivity contribution < 1.29 is 17.9 Å². The van der Waals surface area contributed by atoms with Crippen molar-refractivity contribution in [2.45, 2.75) is 45.6 Å². The molecule has 28 heavy (non-hydrogen) atoms. The molecule has 0 saturated heterocycles. The highest BCUT2D eigenvalue weighted by molar-refractivity contribution is 7.91. The van der Waals surface area contributed by atoms with Crippen molar-refractivity contribution in [1.29, 1.82) is 0 Å². The lowest BCUT2D eigenvalue weighted by molar-refractivity contribution is 0.185. The summed E-state index contributed by atoms with van der Waals surface area (Å²) < 4.78 is 30.6. The molecule has 8 heteroatoms. The molecule has 160 valence electrons. The predicted molar refractivity (Wildman–Crippen MR) is 113 cm³/mol. The molecular weight excluding hydrogens is 378 g/mol. The molecule has 0 bridgehead atoms. The van der Waals surface area contributed by atoms with Crippen LogP contribution in [0.25, 0.3) is 0 Å². The Kier molecular flexibility index (Phi) is 10.3. The first-order valence-corrected chi connectivity index (χ1v) is 11.6. The van der Waals surface area contributed by atoms with Crippen LogP contribution in [0.4, 0.5) is 4.79 Å². The van der Waals surface area contributed by atoms with Crippen LogP contribution < -0.4 is 10.1 Å². The Hall–Kier alpha value is -1.80. The van der Waals surface area contributed by atoms with Crippen molar-refractivity contribution in [3.05, 3.63) is 24.3 Å². The number of hydrogen-bond acceptors (Lipinski definition) is 5. The normalized spacial score (nSPS) is 11.7. The van der Waals surface area contributed by atoms with Crippen molar-refractivity contribution in [1.82, 2.24) is 15.1 Å². The molecule has 0 unspecified atom stereocenters. The van der Waals surface area contributed by atoms with Crippen LogP contribution in [0, 0.1) is 0 Å². The highest BCUT2D eigenvalue weighted by atomic mass is 32.2. The number of nitrogens with zero attached hydrogens (tertiary/aromatic N) is 2. The number of rotatable bonds is 12. The molecule has 7 nitrogen and oxygen atoms in total. The minimum atomic E-state index is -3.48. The summed E-state index contributed by atoms with van der Waals surface area (Å²) in [7, 11) is -3.48. The molecule has 0 spiro atoms. The minimum Gasteiger partial charge on any atom is -0.494 e. The molecule has 1 aromatic carbocycles. The Morgan fingerprint density at radius 2 is 1.68 bits per heavy atom. The fraction of sp³-hybridized carbons (Fsp3) is 0.650. The summed E-state index contributed by atoms with van der Waals surface area (Å²) in [4.78, 5) is 16.5. The zero-order valence-corrected chi connectivity index (χ0v) is 18.6. The number of sulfone groups is 1. The van der Waals surface area contributed by atoms with Gasteiger partial charge in [0.25, 0.3) is 0 Å². The van der Waals surface area contributed by atoms with Gasteiger partial charge in [-0.1, -0.05) is 13.8 Å². The Morgan fingerprint density at radius 1 is 1.07 bits per heavy atom. The summed E-state index contributed by atoms with van der Waals surface area (Å²) in [6, 6.07) is 6.06. The number of carbonyl (C=O) groups is 1. The summed E-state index contributed by atoms with van der Waals surface area (Å²) in [5.41, 5.74) is 0. The van der Waals surface area contributed by atoms with E-state index in [-0.39, 0.29) is 29.3 Å². The molecule has 1 N–H and O–H groups in total. The molecule has 0 aliphatic heterocycles. The summed E-state index contributed by atoms with van der Waals surface area (Å²) in [5.74, 6) is 0.514. The highest BCUT2D eigenvalue weighted by Crippen LogP contribution is 2.17. The smallest absolute Gasteiger partial charge is 0.317 e. The maximum atomic E-state index is 12.6. The van der Waals surface area contributed by atoms with Gasteiger partial charge in [-0.3, -0.25) is 0 Å². The van der Waals surface area contributed by atoms with E-state index in [2.05, 4.69) is 24.1 Å². The molecule has 0 aliphatic carbocycles. The number of likely N-dealkylation sites (N-methyl/N-ethyl adjacent to an activating group) is 1. The van der Waals surface area contributed by atoms with Gasteiger partial charge in [-0.05, 0) is 58.1 Å². The Morgan fingerprint density at radius 3 is 2.18 bits per heavy atom. The van der Waals surface area contributed by atoms with Gasteiger partial charge >= 0.3 is 6.03 Å². The third-order valence-corrected chi connectivity index (χ3v) is 6.29. The zero-order chi connectivity index (χ0) is 21.2. The van der Waals surface area contributed by atoms with E-state index in [1.807, 2.05) is 20.8 Å². The minimum absolute atomic E-state index is 0.0935. The molecule has 1 aromatic rings. The lowest BCUT2D eigenvalue weighted by atomic mass is 10.3. The number of carbonyl (C=O) groups excluding carboxylic acids is 1. The Labute approximate surface area is 170 Å². The molecule has 0 aromatic heterocycles. The van der Waals surface area contributed by atoms with E-state index >= 15 is 0 Å². The van der Waals surface area contributed by atoms with E-state index in [4.69, 9.17) is 4.74 Å². The average Bonchev–Trinajstić information content (AvgIpc) is 2.65. The van der Waals surface area contributed by atoms with Crippen LogP contribution in [-0.4, -0.2) is 75.4 Å². The molecule has 0 heterocycles. The Balaban J connectivity index is 2.66. The van der Waals surface area contributed by atoms with Crippen molar-refractivity contribution in [3.8, 4) is 5.75 Å². The van der Waals surface area contributed by atoms with Gasteiger partial charge in [-0.2, -0.15) is 0 Å². The fourth-order valence-corrected chi connectivity index (χ4v) is 4.03.